The average Bonchev–Trinajstić information content (AvgIpc) is 3.68. The number of fused-ring (bicyclic) bond motifs is 1. The highest BCUT2D eigenvalue weighted by atomic mass is 16.5. The van der Waals surface area contributed by atoms with Crippen molar-refractivity contribution in [2.45, 2.75) is 38.5 Å². The molecule has 0 spiro atoms. The lowest BCUT2D eigenvalue weighted by atomic mass is 9.99. The van der Waals surface area contributed by atoms with Gasteiger partial charge < -0.3 is 19.5 Å². The second-order valence-electron chi connectivity index (χ2n) is 9.97. The van der Waals surface area contributed by atoms with Crippen molar-refractivity contribution in [2.75, 3.05) is 32.3 Å². The van der Waals surface area contributed by atoms with E-state index in [2.05, 4.69) is 15.6 Å². The highest BCUT2D eigenvalue weighted by molar-refractivity contribution is 6.08. The molecule has 2 amide bonds. The number of ketones is 1. The van der Waals surface area contributed by atoms with Crippen molar-refractivity contribution in [1.29, 1.82) is 0 Å². The van der Waals surface area contributed by atoms with E-state index < -0.39 is 17.9 Å². The largest absolute Gasteiger partial charge is 0.493 e. The molecule has 1 aliphatic heterocycles. The molecule has 1 N–H and O–H groups in total. The van der Waals surface area contributed by atoms with Crippen molar-refractivity contribution in [3.05, 3.63) is 77.9 Å². The molecule has 1 fully saturated rings. The summed E-state index contributed by atoms with van der Waals surface area (Å²) in [6.45, 7) is 2.12. The lowest BCUT2D eigenvalue weighted by molar-refractivity contribution is -0.127. The number of nitrogens with one attached hydrogen (secondary N) is 1. The van der Waals surface area contributed by atoms with E-state index in [1.807, 2.05) is 18.2 Å². The number of methoxy groups -OCH3 is 2. The fraction of sp³-hybridized carbons (Fsp3) is 0.323. The molecule has 42 heavy (non-hydrogen) atoms. The lowest BCUT2D eigenvalue weighted by Crippen LogP contribution is -2.47. The Labute approximate surface area is 243 Å². The first kappa shape index (κ1) is 28.7. The zero-order valence-corrected chi connectivity index (χ0v) is 23.8. The number of carbonyl (C=O) groups excluding carboxylic acids is 3. The van der Waals surface area contributed by atoms with Crippen LogP contribution in [0.25, 0.3) is 11.0 Å². The second-order valence-corrected chi connectivity index (χ2v) is 9.97. The summed E-state index contributed by atoms with van der Waals surface area (Å²) in [6.07, 6.45) is 1.63. The SMILES string of the molecule is COc1ccc([C@H](C(=O)NC[C@H]2CCCO2)N(C(=O)Cn2nnc3ccccc32)c2ccccc2C(C)=O)cc1OC. The summed E-state index contributed by atoms with van der Waals surface area (Å²) in [6, 6.07) is 17.9. The maximum absolute atomic E-state index is 14.4. The first-order chi connectivity index (χ1) is 20.4. The fourth-order valence-electron chi connectivity index (χ4n) is 5.19. The van der Waals surface area contributed by atoms with Crippen LogP contribution in [0.15, 0.2) is 66.7 Å². The molecule has 218 valence electrons. The van der Waals surface area contributed by atoms with Crippen molar-refractivity contribution in [3.63, 3.8) is 0 Å². The Hall–Kier alpha value is -4.77. The molecule has 0 bridgehead atoms. The van der Waals surface area contributed by atoms with Gasteiger partial charge in [-0.15, -0.1) is 5.10 Å². The summed E-state index contributed by atoms with van der Waals surface area (Å²) in [5, 5.41) is 11.3. The topological polar surface area (TPSA) is 125 Å². The molecule has 2 atom stereocenters. The van der Waals surface area contributed by atoms with Gasteiger partial charge in [0.15, 0.2) is 17.3 Å². The number of ether oxygens (including phenoxy) is 3. The van der Waals surface area contributed by atoms with Gasteiger partial charge in [-0.05, 0) is 61.7 Å². The van der Waals surface area contributed by atoms with Crippen LogP contribution in [0.5, 0.6) is 11.5 Å². The Morgan fingerprint density at radius 3 is 2.55 bits per heavy atom. The third-order valence-electron chi connectivity index (χ3n) is 7.27. The number of hydrogen-bond donors (Lipinski definition) is 1. The predicted octanol–water partition coefficient (Wildman–Crippen LogP) is 3.72. The highest BCUT2D eigenvalue weighted by Crippen LogP contribution is 2.36. The van der Waals surface area contributed by atoms with Gasteiger partial charge in [0, 0.05) is 18.7 Å². The quantitative estimate of drug-likeness (QED) is 0.270. The number of rotatable bonds is 11. The molecule has 0 radical (unpaired) electrons. The maximum atomic E-state index is 14.4. The Bertz CT molecular complexity index is 1600. The maximum Gasteiger partial charge on any atom is 0.249 e. The van der Waals surface area contributed by atoms with Crippen molar-refractivity contribution < 1.29 is 28.6 Å². The Balaban J connectivity index is 1.63. The first-order valence-electron chi connectivity index (χ1n) is 13.7. The van der Waals surface area contributed by atoms with Crippen LogP contribution >= 0.6 is 0 Å². The van der Waals surface area contributed by atoms with Crippen LogP contribution in [0, 0.1) is 0 Å². The van der Waals surface area contributed by atoms with E-state index in [4.69, 9.17) is 14.2 Å². The van der Waals surface area contributed by atoms with E-state index in [-0.39, 0.29) is 25.0 Å². The molecule has 1 saturated heterocycles. The van der Waals surface area contributed by atoms with E-state index in [1.165, 1.54) is 30.7 Å². The molecule has 0 unspecified atom stereocenters. The Morgan fingerprint density at radius 2 is 1.81 bits per heavy atom. The molecular weight excluding hydrogens is 538 g/mol. The highest BCUT2D eigenvalue weighted by Gasteiger charge is 2.36. The van der Waals surface area contributed by atoms with Crippen LogP contribution < -0.4 is 19.7 Å². The molecule has 11 nitrogen and oxygen atoms in total. The van der Waals surface area contributed by atoms with Crippen molar-refractivity contribution in [3.8, 4) is 11.5 Å². The fourth-order valence-corrected chi connectivity index (χ4v) is 5.19. The summed E-state index contributed by atoms with van der Waals surface area (Å²) < 4.78 is 18.1. The molecule has 11 heteroatoms. The number of Topliss-reactive ketones (excluding diaryl/α,β-unsaturated/α-hetero) is 1. The van der Waals surface area contributed by atoms with Crippen molar-refractivity contribution in [2.24, 2.45) is 0 Å². The van der Waals surface area contributed by atoms with Crippen LogP contribution in [-0.4, -0.2) is 66.1 Å². The van der Waals surface area contributed by atoms with E-state index >= 15 is 0 Å². The number of hydrogen-bond acceptors (Lipinski definition) is 8. The summed E-state index contributed by atoms with van der Waals surface area (Å²) >= 11 is 0. The smallest absolute Gasteiger partial charge is 0.249 e. The molecule has 2 heterocycles. The Kier molecular flexibility index (Phi) is 8.77. The summed E-state index contributed by atoms with van der Waals surface area (Å²) in [7, 11) is 3.02. The number of nitrogens with zero attached hydrogens (tertiary/aromatic N) is 4. The summed E-state index contributed by atoms with van der Waals surface area (Å²) in [4.78, 5) is 42.6. The third-order valence-corrected chi connectivity index (χ3v) is 7.27. The van der Waals surface area contributed by atoms with Gasteiger partial charge in [0.05, 0.1) is 31.5 Å². The minimum Gasteiger partial charge on any atom is -0.493 e. The number of benzene rings is 3. The molecule has 1 aliphatic rings. The van der Waals surface area contributed by atoms with Crippen LogP contribution in [0.4, 0.5) is 5.69 Å². The van der Waals surface area contributed by atoms with Gasteiger partial charge in [0.2, 0.25) is 11.8 Å². The van der Waals surface area contributed by atoms with Gasteiger partial charge in [-0.3, -0.25) is 19.3 Å². The zero-order chi connectivity index (χ0) is 29.6. The van der Waals surface area contributed by atoms with Gasteiger partial charge in [-0.2, -0.15) is 0 Å². The predicted molar refractivity (Wildman–Crippen MR) is 156 cm³/mol. The molecular formula is C31H33N5O6. The lowest BCUT2D eigenvalue weighted by Gasteiger charge is -2.33. The van der Waals surface area contributed by atoms with E-state index in [9.17, 15) is 14.4 Å². The second kappa shape index (κ2) is 12.8. The minimum atomic E-state index is -1.17. The molecule has 0 saturated carbocycles. The van der Waals surface area contributed by atoms with Crippen LogP contribution in [-0.2, 0) is 20.9 Å². The van der Waals surface area contributed by atoms with E-state index in [0.29, 0.717) is 46.0 Å². The average molecular weight is 572 g/mol. The Morgan fingerprint density at radius 1 is 1.05 bits per heavy atom. The zero-order valence-electron chi connectivity index (χ0n) is 23.8. The molecule has 1 aromatic heterocycles. The van der Waals surface area contributed by atoms with Crippen LogP contribution in [0.2, 0.25) is 0 Å². The van der Waals surface area contributed by atoms with E-state index in [1.54, 1.807) is 48.5 Å². The molecule has 0 aliphatic carbocycles. The minimum absolute atomic E-state index is 0.116. The number of para-hydroxylation sites is 2. The molecule has 5 rings (SSSR count). The summed E-state index contributed by atoms with van der Waals surface area (Å²) in [5.41, 5.74) is 2.36. The van der Waals surface area contributed by atoms with Crippen LogP contribution in [0.3, 0.4) is 0 Å². The molecule has 3 aromatic carbocycles. The van der Waals surface area contributed by atoms with Gasteiger partial charge in [0.1, 0.15) is 18.1 Å². The number of anilines is 1. The molecule has 4 aromatic rings. The van der Waals surface area contributed by atoms with Gasteiger partial charge >= 0.3 is 0 Å². The third kappa shape index (κ3) is 5.96. The van der Waals surface area contributed by atoms with Crippen LogP contribution in [0.1, 0.15) is 41.7 Å². The van der Waals surface area contributed by atoms with Gasteiger partial charge in [0.25, 0.3) is 0 Å². The summed E-state index contributed by atoms with van der Waals surface area (Å²) in [5.74, 6) is -0.294. The number of carbonyl (C=O) groups is 3. The van der Waals surface area contributed by atoms with Gasteiger partial charge in [-0.1, -0.05) is 35.5 Å². The van der Waals surface area contributed by atoms with Crippen molar-refractivity contribution in [1.82, 2.24) is 20.3 Å². The number of amides is 2. The monoisotopic (exact) mass is 571 g/mol. The standard InChI is InChI=1S/C31H33N5O6/c1-20(37)23-10-4-6-12-25(23)36(29(38)19-35-26-13-7-5-11-24(26)33-34-35)30(31(39)32-18-22-9-8-16-42-22)21-14-15-27(40-2)28(17-21)41-3/h4-7,10-15,17,22,30H,8-9,16,18-19H2,1-3H3,(H,32,39)/t22-,30-/m1/s1. The van der Waals surface area contributed by atoms with Crippen molar-refractivity contribution >= 4 is 34.3 Å². The number of aromatic nitrogens is 3. The first-order valence-corrected chi connectivity index (χ1v) is 13.7. The van der Waals surface area contributed by atoms with Gasteiger partial charge in [-0.25, -0.2) is 4.68 Å². The van der Waals surface area contributed by atoms with E-state index in [0.717, 1.165) is 12.8 Å². The normalized spacial score (nSPS) is 15.3.